The Balaban J connectivity index is 0.000000638. The molecule has 0 aliphatic carbocycles. The van der Waals surface area contributed by atoms with E-state index in [-0.39, 0.29) is 11.9 Å². The number of amides is 1. The summed E-state index contributed by atoms with van der Waals surface area (Å²) in [5.41, 5.74) is 6.55. The molecule has 216 valence electrons. The van der Waals surface area contributed by atoms with Crippen LogP contribution in [0.25, 0.3) is 0 Å². The fourth-order valence-corrected chi connectivity index (χ4v) is 5.04. The van der Waals surface area contributed by atoms with Crippen LogP contribution in [0.5, 0.6) is 5.75 Å². The van der Waals surface area contributed by atoms with Gasteiger partial charge in [0.15, 0.2) is 0 Å². The van der Waals surface area contributed by atoms with Gasteiger partial charge in [0.25, 0.3) is 5.91 Å². The number of hydrogen-bond donors (Lipinski definition) is 3. The fraction of sp³-hybridized carbons (Fsp3) is 0.636. The maximum absolute atomic E-state index is 12.7. The molecule has 38 heavy (non-hydrogen) atoms. The van der Waals surface area contributed by atoms with Crippen LogP contribution in [0.3, 0.4) is 0 Å². The van der Waals surface area contributed by atoms with Crippen molar-refractivity contribution in [3.05, 3.63) is 22.7 Å². The van der Waals surface area contributed by atoms with Crippen LogP contribution in [0.2, 0.25) is 5.02 Å². The molecule has 2 saturated heterocycles. The highest BCUT2D eigenvalue weighted by Crippen LogP contribution is 2.29. The summed E-state index contributed by atoms with van der Waals surface area (Å²) in [6, 6.07) is 3.21. The van der Waals surface area contributed by atoms with Crippen molar-refractivity contribution in [2.45, 2.75) is 25.1 Å². The van der Waals surface area contributed by atoms with E-state index in [9.17, 15) is 26.4 Å². The van der Waals surface area contributed by atoms with Gasteiger partial charge in [0.1, 0.15) is 5.75 Å². The number of benzene rings is 1. The number of carboxylic acid groups (broad SMARTS) is 1. The summed E-state index contributed by atoms with van der Waals surface area (Å²) in [5, 5.41) is 10.5. The molecule has 4 N–H and O–H groups in total. The van der Waals surface area contributed by atoms with Crippen LogP contribution >= 0.6 is 11.6 Å². The predicted molar refractivity (Wildman–Crippen MR) is 136 cm³/mol. The summed E-state index contributed by atoms with van der Waals surface area (Å²) in [5.74, 6) is -2.55. The first-order chi connectivity index (χ1) is 17.6. The summed E-state index contributed by atoms with van der Waals surface area (Å²) >= 11 is 6.07. The number of halogens is 4. The highest BCUT2D eigenvalue weighted by Gasteiger charge is 2.38. The molecule has 2 aliphatic heterocycles. The van der Waals surface area contributed by atoms with Crippen LogP contribution in [0, 0.1) is 0 Å². The Morgan fingerprint density at radius 2 is 1.61 bits per heavy atom. The molecule has 0 spiro atoms. The fourth-order valence-electron chi connectivity index (χ4n) is 4.05. The Kier molecular flexibility index (Phi) is 11.4. The van der Waals surface area contributed by atoms with E-state index in [1.165, 1.54) is 13.4 Å². The number of hydrogen-bond acceptors (Lipinski definition) is 8. The average Bonchev–Trinajstić information content (AvgIpc) is 2.84. The van der Waals surface area contributed by atoms with Crippen LogP contribution in [0.4, 0.5) is 18.9 Å². The highest BCUT2D eigenvalue weighted by atomic mass is 35.5. The molecule has 1 amide bonds. The molecule has 3 rings (SSSR count). The second-order valence-corrected chi connectivity index (χ2v) is 11.4. The Hall–Kier alpha value is -2.33. The normalized spacial score (nSPS) is 18.4. The zero-order valence-electron chi connectivity index (χ0n) is 21.1. The van der Waals surface area contributed by atoms with Gasteiger partial charge in [-0.15, -0.1) is 0 Å². The number of nitrogen functional groups attached to an aromatic ring is 1. The number of methoxy groups -OCH3 is 1. The summed E-state index contributed by atoms with van der Waals surface area (Å²) < 4.78 is 61.8. The molecule has 2 fully saturated rings. The van der Waals surface area contributed by atoms with Gasteiger partial charge in [0, 0.05) is 64.5 Å². The molecule has 0 atom stereocenters. The monoisotopic (exact) mass is 587 g/mol. The molecular weight excluding hydrogens is 555 g/mol. The van der Waals surface area contributed by atoms with Gasteiger partial charge in [0.05, 0.1) is 29.6 Å². The molecule has 0 bridgehead atoms. The number of ether oxygens (including phenoxy) is 1. The number of likely N-dealkylation sites (tertiary alicyclic amines) is 1. The quantitative estimate of drug-likeness (QED) is 0.402. The molecule has 1 aromatic rings. The standard InChI is InChI=1S/C20H32ClN5O4S.C2HF3O2/c1-30-19-14-18(22)17(21)13-16(19)20(27)23-15-3-5-24(6-4-15)7-8-25-9-11-26(12-10-25)31(2,28)29;3-2(4,5)1(6)7/h13-15H,3-12,22H2,1-2H3,(H,23,27);(H,6,7). The number of piperidine rings is 1. The Morgan fingerprint density at radius 1 is 1.11 bits per heavy atom. The number of aliphatic carboxylic acids is 1. The molecule has 0 saturated carbocycles. The van der Waals surface area contributed by atoms with Gasteiger partial charge in [-0.05, 0) is 18.9 Å². The Bertz CT molecular complexity index is 1080. The van der Waals surface area contributed by atoms with Crippen LogP contribution in [0.15, 0.2) is 12.1 Å². The van der Waals surface area contributed by atoms with Crippen molar-refractivity contribution in [3.63, 3.8) is 0 Å². The van der Waals surface area contributed by atoms with Crippen LogP contribution in [-0.2, 0) is 14.8 Å². The Labute approximate surface area is 224 Å². The lowest BCUT2D eigenvalue weighted by Crippen LogP contribution is -2.51. The number of carbonyl (C=O) groups is 2. The number of nitrogens with two attached hydrogens (primary N) is 1. The molecule has 0 radical (unpaired) electrons. The summed E-state index contributed by atoms with van der Waals surface area (Å²) in [7, 11) is -1.59. The van der Waals surface area contributed by atoms with E-state index in [2.05, 4.69) is 15.1 Å². The van der Waals surface area contributed by atoms with Crippen molar-refractivity contribution in [1.29, 1.82) is 0 Å². The van der Waals surface area contributed by atoms with Crippen molar-refractivity contribution in [3.8, 4) is 5.75 Å². The van der Waals surface area contributed by atoms with E-state index in [1.54, 1.807) is 16.4 Å². The highest BCUT2D eigenvalue weighted by molar-refractivity contribution is 7.88. The smallest absolute Gasteiger partial charge is 0.490 e. The lowest BCUT2D eigenvalue weighted by molar-refractivity contribution is -0.192. The molecule has 11 nitrogen and oxygen atoms in total. The number of nitrogens with zero attached hydrogens (tertiary/aromatic N) is 3. The largest absolute Gasteiger partial charge is 0.496 e. The first kappa shape index (κ1) is 31.9. The lowest BCUT2D eigenvalue weighted by Gasteiger charge is -2.36. The summed E-state index contributed by atoms with van der Waals surface area (Å²) in [6.45, 7) is 6.35. The first-order valence-corrected chi connectivity index (χ1v) is 14.0. The van der Waals surface area contributed by atoms with Gasteiger partial charge in [0.2, 0.25) is 10.0 Å². The molecule has 2 heterocycles. The zero-order chi connectivity index (χ0) is 28.7. The lowest BCUT2D eigenvalue weighted by atomic mass is 10.0. The molecule has 1 aromatic carbocycles. The third kappa shape index (κ3) is 9.76. The SMILES string of the molecule is COc1cc(N)c(Cl)cc1C(=O)NC1CCN(CCN2CCN(S(C)(=O)=O)CC2)CC1.O=C(O)C(F)(F)F. The molecule has 0 unspecified atom stereocenters. The third-order valence-corrected chi connectivity index (χ3v) is 7.89. The zero-order valence-corrected chi connectivity index (χ0v) is 22.7. The second-order valence-electron chi connectivity index (χ2n) is 8.97. The minimum absolute atomic E-state index is 0.100. The maximum Gasteiger partial charge on any atom is 0.490 e. The minimum atomic E-state index is -5.08. The van der Waals surface area contributed by atoms with E-state index < -0.39 is 22.2 Å². The molecule has 0 aromatic heterocycles. The van der Waals surface area contributed by atoms with Crippen molar-refractivity contribution in [2.24, 2.45) is 0 Å². The van der Waals surface area contributed by atoms with E-state index in [0.717, 1.165) is 52.1 Å². The van der Waals surface area contributed by atoms with E-state index >= 15 is 0 Å². The first-order valence-electron chi connectivity index (χ1n) is 11.8. The third-order valence-electron chi connectivity index (χ3n) is 6.26. The number of carboxylic acids is 1. The molecule has 16 heteroatoms. The number of sulfonamides is 1. The number of anilines is 1. The number of piperazine rings is 1. The van der Waals surface area contributed by atoms with Gasteiger partial charge in [-0.2, -0.15) is 17.5 Å². The summed E-state index contributed by atoms with van der Waals surface area (Å²) in [4.78, 5) is 26.3. The van der Waals surface area contributed by atoms with Crippen LogP contribution < -0.4 is 15.8 Å². The minimum Gasteiger partial charge on any atom is -0.496 e. The second kappa shape index (κ2) is 13.6. The molecule has 2 aliphatic rings. The van der Waals surface area contributed by atoms with Gasteiger partial charge >= 0.3 is 12.1 Å². The van der Waals surface area contributed by atoms with Crippen molar-refractivity contribution in [2.75, 3.05) is 71.5 Å². The van der Waals surface area contributed by atoms with E-state index in [4.69, 9.17) is 32.0 Å². The summed E-state index contributed by atoms with van der Waals surface area (Å²) in [6.07, 6.45) is -2.07. The molecular formula is C22H33ClF3N5O6S. The van der Waals surface area contributed by atoms with E-state index in [0.29, 0.717) is 35.1 Å². The van der Waals surface area contributed by atoms with Crippen molar-refractivity contribution >= 4 is 39.2 Å². The van der Waals surface area contributed by atoms with Crippen molar-refractivity contribution in [1.82, 2.24) is 19.4 Å². The van der Waals surface area contributed by atoms with E-state index in [1.807, 2.05) is 0 Å². The number of carbonyl (C=O) groups excluding carboxylic acids is 1. The van der Waals surface area contributed by atoms with Gasteiger partial charge in [-0.1, -0.05) is 11.6 Å². The maximum atomic E-state index is 12.7. The predicted octanol–water partition coefficient (Wildman–Crippen LogP) is 1.34. The van der Waals surface area contributed by atoms with Crippen molar-refractivity contribution < 1.29 is 41.0 Å². The van der Waals surface area contributed by atoms with Gasteiger partial charge < -0.3 is 25.8 Å². The van der Waals surface area contributed by atoms with Gasteiger partial charge in [-0.3, -0.25) is 9.69 Å². The topological polar surface area (TPSA) is 146 Å². The Morgan fingerprint density at radius 3 is 2.05 bits per heavy atom. The van der Waals surface area contributed by atoms with Gasteiger partial charge in [-0.25, -0.2) is 13.2 Å². The number of rotatable bonds is 7. The number of nitrogens with one attached hydrogen (secondary N) is 1. The average molecular weight is 588 g/mol. The van der Waals surface area contributed by atoms with Crippen LogP contribution in [-0.4, -0.2) is 117 Å². The van der Waals surface area contributed by atoms with Crippen LogP contribution in [0.1, 0.15) is 23.2 Å². The number of alkyl halides is 3.